The standard InChI is InChI=1S/C20H33N3O3S2/c1-5-14(2)22(18-10-11-28(25,26)13-18)19(24)12-27-20-21-15(3)16(4)23(20)17-8-6-7-9-17/h14,17-18H,5-13H2,1-4H3. The predicted molar refractivity (Wildman–Crippen MR) is 114 cm³/mol. The van der Waals surface area contributed by atoms with E-state index in [9.17, 15) is 13.2 Å². The number of aryl methyl sites for hydroxylation is 1. The molecule has 0 radical (unpaired) electrons. The molecule has 28 heavy (non-hydrogen) atoms. The molecule has 2 unspecified atom stereocenters. The Morgan fingerprint density at radius 1 is 1.29 bits per heavy atom. The van der Waals surface area contributed by atoms with Crippen LogP contribution in [0.15, 0.2) is 5.16 Å². The van der Waals surface area contributed by atoms with E-state index in [4.69, 9.17) is 4.98 Å². The van der Waals surface area contributed by atoms with Crippen LogP contribution in [0.25, 0.3) is 0 Å². The fourth-order valence-corrected chi connectivity index (χ4v) is 7.23. The number of sulfone groups is 1. The van der Waals surface area contributed by atoms with Gasteiger partial charge >= 0.3 is 0 Å². The van der Waals surface area contributed by atoms with Gasteiger partial charge in [0.2, 0.25) is 5.91 Å². The van der Waals surface area contributed by atoms with Gasteiger partial charge in [-0.3, -0.25) is 4.79 Å². The summed E-state index contributed by atoms with van der Waals surface area (Å²) in [5.74, 6) is 0.625. The first-order valence-corrected chi connectivity index (χ1v) is 13.2. The second kappa shape index (κ2) is 8.78. The van der Waals surface area contributed by atoms with Gasteiger partial charge in [0.1, 0.15) is 0 Å². The Morgan fingerprint density at radius 2 is 1.96 bits per heavy atom. The molecule has 1 saturated heterocycles. The van der Waals surface area contributed by atoms with E-state index in [-0.39, 0.29) is 29.5 Å². The van der Waals surface area contributed by atoms with Crippen LogP contribution >= 0.6 is 11.8 Å². The number of carbonyl (C=O) groups excluding carboxylic acids is 1. The maximum Gasteiger partial charge on any atom is 0.233 e. The van der Waals surface area contributed by atoms with E-state index < -0.39 is 9.84 Å². The van der Waals surface area contributed by atoms with Gasteiger partial charge in [0.25, 0.3) is 0 Å². The summed E-state index contributed by atoms with van der Waals surface area (Å²) in [6.45, 7) is 8.20. The van der Waals surface area contributed by atoms with E-state index in [1.54, 1.807) is 0 Å². The Bertz CT molecular complexity index is 813. The van der Waals surface area contributed by atoms with Gasteiger partial charge in [0.05, 0.1) is 23.0 Å². The van der Waals surface area contributed by atoms with Gasteiger partial charge in [-0.25, -0.2) is 13.4 Å². The highest BCUT2D eigenvalue weighted by atomic mass is 32.2. The highest BCUT2D eigenvalue weighted by Gasteiger charge is 2.36. The van der Waals surface area contributed by atoms with Gasteiger partial charge < -0.3 is 9.47 Å². The van der Waals surface area contributed by atoms with Crippen molar-refractivity contribution in [2.75, 3.05) is 17.3 Å². The van der Waals surface area contributed by atoms with Gasteiger partial charge in [0, 0.05) is 23.8 Å². The first-order valence-electron chi connectivity index (χ1n) is 10.4. The van der Waals surface area contributed by atoms with Crippen LogP contribution in [0.5, 0.6) is 0 Å². The Balaban J connectivity index is 1.74. The highest BCUT2D eigenvalue weighted by molar-refractivity contribution is 7.99. The van der Waals surface area contributed by atoms with Crippen molar-refractivity contribution in [2.24, 2.45) is 0 Å². The van der Waals surface area contributed by atoms with Crippen LogP contribution in [0.4, 0.5) is 0 Å². The molecular weight excluding hydrogens is 394 g/mol. The van der Waals surface area contributed by atoms with Crippen molar-refractivity contribution in [1.82, 2.24) is 14.5 Å². The molecule has 8 heteroatoms. The number of carbonyl (C=O) groups is 1. The lowest BCUT2D eigenvalue weighted by Crippen LogP contribution is -2.47. The normalized spacial score (nSPS) is 23.2. The SMILES string of the molecule is CCC(C)N(C(=O)CSc1nc(C)c(C)n1C1CCCC1)C1CCS(=O)(=O)C1. The van der Waals surface area contributed by atoms with Gasteiger partial charge in [-0.15, -0.1) is 0 Å². The molecule has 0 N–H and O–H groups in total. The molecule has 2 aliphatic rings. The molecule has 2 heterocycles. The van der Waals surface area contributed by atoms with Gasteiger partial charge in [0.15, 0.2) is 15.0 Å². The maximum absolute atomic E-state index is 13.1. The number of thioether (sulfide) groups is 1. The lowest BCUT2D eigenvalue weighted by atomic mass is 10.1. The van der Waals surface area contributed by atoms with E-state index >= 15 is 0 Å². The van der Waals surface area contributed by atoms with Gasteiger partial charge in [-0.1, -0.05) is 31.5 Å². The summed E-state index contributed by atoms with van der Waals surface area (Å²) in [5, 5.41) is 0.929. The predicted octanol–water partition coefficient (Wildman–Crippen LogP) is 3.52. The van der Waals surface area contributed by atoms with Crippen LogP contribution in [0, 0.1) is 13.8 Å². The number of nitrogens with zero attached hydrogens (tertiary/aromatic N) is 3. The summed E-state index contributed by atoms with van der Waals surface area (Å²) in [5.41, 5.74) is 2.23. The molecule has 0 aromatic carbocycles. The zero-order chi connectivity index (χ0) is 20.5. The average molecular weight is 428 g/mol. The number of rotatable bonds is 7. The molecule has 2 fully saturated rings. The Labute approximate surface area is 173 Å². The second-order valence-electron chi connectivity index (χ2n) is 8.28. The van der Waals surface area contributed by atoms with Crippen LogP contribution in [-0.2, 0) is 14.6 Å². The van der Waals surface area contributed by atoms with Crippen molar-refractivity contribution in [3.05, 3.63) is 11.4 Å². The van der Waals surface area contributed by atoms with Crippen molar-refractivity contribution >= 4 is 27.5 Å². The van der Waals surface area contributed by atoms with Crippen molar-refractivity contribution in [1.29, 1.82) is 0 Å². The minimum absolute atomic E-state index is 0.0257. The van der Waals surface area contributed by atoms with E-state index in [0.717, 1.165) is 17.3 Å². The summed E-state index contributed by atoms with van der Waals surface area (Å²) in [6.07, 6.45) is 6.23. The first-order chi connectivity index (χ1) is 13.2. The smallest absolute Gasteiger partial charge is 0.233 e. The minimum Gasteiger partial charge on any atom is -0.335 e. The third-order valence-corrected chi connectivity index (χ3v) is 9.01. The van der Waals surface area contributed by atoms with E-state index in [1.165, 1.54) is 43.1 Å². The summed E-state index contributed by atoms with van der Waals surface area (Å²) in [7, 11) is -3.02. The number of imidazole rings is 1. The van der Waals surface area contributed by atoms with Crippen LogP contribution in [0.2, 0.25) is 0 Å². The molecule has 3 rings (SSSR count). The second-order valence-corrected chi connectivity index (χ2v) is 11.4. The minimum atomic E-state index is -3.02. The van der Waals surface area contributed by atoms with Gasteiger partial charge in [-0.05, 0) is 46.5 Å². The zero-order valence-corrected chi connectivity index (χ0v) is 19.1. The average Bonchev–Trinajstić information content (AvgIpc) is 3.34. The molecule has 1 aliphatic heterocycles. The van der Waals surface area contributed by atoms with E-state index in [1.807, 2.05) is 25.7 Å². The first kappa shape index (κ1) is 21.7. The molecule has 1 aromatic heterocycles. The molecule has 6 nitrogen and oxygen atoms in total. The fourth-order valence-electron chi connectivity index (χ4n) is 4.49. The van der Waals surface area contributed by atoms with Crippen molar-refractivity contribution in [3.8, 4) is 0 Å². The summed E-state index contributed by atoms with van der Waals surface area (Å²) >= 11 is 1.50. The molecule has 1 saturated carbocycles. The van der Waals surface area contributed by atoms with E-state index in [0.29, 0.717) is 18.2 Å². The lowest BCUT2D eigenvalue weighted by molar-refractivity contribution is -0.132. The molecule has 0 spiro atoms. The lowest BCUT2D eigenvalue weighted by Gasteiger charge is -2.33. The van der Waals surface area contributed by atoms with Crippen LogP contribution < -0.4 is 0 Å². The number of amides is 1. The Hall–Kier alpha value is -1.02. The topological polar surface area (TPSA) is 72.3 Å². The molecule has 1 amide bonds. The molecule has 1 aliphatic carbocycles. The molecule has 1 aromatic rings. The highest BCUT2D eigenvalue weighted by Crippen LogP contribution is 2.35. The fraction of sp³-hybridized carbons (Fsp3) is 0.800. The number of aromatic nitrogens is 2. The number of hydrogen-bond acceptors (Lipinski definition) is 5. The quantitative estimate of drug-likeness (QED) is 0.623. The van der Waals surface area contributed by atoms with Crippen LogP contribution in [0.3, 0.4) is 0 Å². The summed E-state index contributed by atoms with van der Waals surface area (Å²) in [6, 6.07) is 0.347. The third-order valence-electron chi connectivity index (χ3n) is 6.32. The monoisotopic (exact) mass is 427 g/mol. The van der Waals surface area contributed by atoms with Crippen molar-refractivity contribution in [3.63, 3.8) is 0 Å². The Kier molecular flexibility index (Phi) is 6.80. The van der Waals surface area contributed by atoms with Crippen molar-refractivity contribution < 1.29 is 13.2 Å². The van der Waals surface area contributed by atoms with Gasteiger partial charge in [-0.2, -0.15) is 0 Å². The molecule has 2 atom stereocenters. The summed E-state index contributed by atoms with van der Waals surface area (Å²) < 4.78 is 26.2. The Morgan fingerprint density at radius 3 is 2.54 bits per heavy atom. The molecular formula is C20H33N3O3S2. The summed E-state index contributed by atoms with van der Waals surface area (Å²) in [4.78, 5) is 19.7. The molecule has 0 bridgehead atoms. The van der Waals surface area contributed by atoms with E-state index in [2.05, 4.69) is 11.5 Å². The van der Waals surface area contributed by atoms with Crippen LogP contribution in [0.1, 0.15) is 69.8 Å². The third kappa shape index (κ3) is 4.58. The zero-order valence-electron chi connectivity index (χ0n) is 17.5. The molecule has 158 valence electrons. The van der Waals surface area contributed by atoms with Crippen LogP contribution in [-0.4, -0.2) is 58.1 Å². The maximum atomic E-state index is 13.1. The largest absolute Gasteiger partial charge is 0.335 e. The van der Waals surface area contributed by atoms with Crippen molar-refractivity contribution in [2.45, 2.75) is 89.5 Å². The number of hydrogen-bond donors (Lipinski definition) is 0.